The molecule has 19 heavy (non-hydrogen) atoms. The van der Waals surface area contributed by atoms with Crippen LogP contribution < -0.4 is 0 Å². The number of rotatable bonds is 2. The Balaban J connectivity index is 2.17. The number of halogens is 3. The zero-order valence-electron chi connectivity index (χ0n) is 9.77. The van der Waals surface area contributed by atoms with Crippen molar-refractivity contribution in [2.45, 2.75) is 12.6 Å². The van der Waals surface area contributed by atoms with Gasteiger partial charge in [0.25, 0.3) is 0 Å². The fourth-order valence-corrected chi connectivity index (χ4v) is 3.80. The Bertz CT molecular complexity index is 588. The minimum absolute atomic E-state index is 0.0377. The lowest BCUT2D eigenvalue weighted by Crippen LogP contribution is -2.16. The van der Waals surface area contributed by atoms with Gasteiger partial charge >= 0.3 is 6.18 Å². The van der Waals surface area contributed by atoms with Crippen molar-refractivity contribution in [3.8, 4) is 0 Å². The van der Waals surface area contributed by atoms with Crippen LogP contribution in [-0.4, -0.2) is 25.7 Å². The van der Waals surface area contributed by atoms with Crippen LogP contribution in [0.5, 0.6) is 0 Å². The third-order valence-electron chi connectivity index (χ3n) is 3.10. The molecule has 1 aliphatic rings. The van der Waals surface area contributed by atoms with Gasteiger partial charge in [0, 0.05) is 11.5 Å². The second-order valence-electron chi connectivity index (χ2n) is 4.54. The lowest BCUT2D eigenvalue weighted by molar-refractivity contribution is -0.137. The highest BCUT2D eigenvalue weighted by Crippen LogP contribution is 2.30. The highest BCUT2D eigenvalue weighted by atomic mass is 32.2. The first-order valence-corrected chi connectivity index (χ1v) is 7.43. The Morgan fingerprint density at radius 1 is 1.16 bits per heavy atom. The van der Waals surface area contributed by atoms with E-state index in [1.54, 1.807) is 0 Å². The summed E-state index contributed by atoms with van der Waals surface area (Å²) in [5, 5.41) is 0. The van der Waals surface area contributed by atoms with Gasteiger partial charge in [0.15, 0.2) is 15.6 Å². The van der Waals surface area contributed by atoms with Crippen LogP contribution in [0, 0.1) is 5.92 Å². The van der Waals surface area contributed by atoms with Gasteiger partial charge in [-0.2, -0.15) is 13.2 Å². The average molecular weight is 292 g/mol. The van der Waals surface area contributed by atoms with Crippen molar-refractivity contribution in [1.29, 1.82) is 0 Å². The SMILES string of the molecule is O=C(c1ccc(C(F)(F)F)cc1)C1CCS(=O)(=O)C1. The van der Waals surface area contributed by atoms with Gasteiger partial charge in [-0.1, -0.05) is 12.1 Å². The van der Waals surface area contributed by atoms with Crippen LogP contribution in [0.15, 0.2) is 24.3 Å². The molecule has 2 rings (SSSR count). The van der Waals surface area contributed by atoms with E-state index >= 15 is 0 Å². The maximum atomic E-state index is 12.4. The van der Waals surface area contributed by atoms with Crippen LogP contribution in [-0.2, 0) is 16.0 Å². The molecule has 1 aromatic rings. The summed E-state index contributed by atoms with van der Waals surface area (Å²) >= 11 is 0. The number of hydrogen-bond donors (Lipinski definition) is 0. The molecule has 3 nitrogen and oxygen atoms in total. The monoisotopic (exact) mass is 292 g/mol. The second-order valence-corrected chi connectivity index (χ2v) is 6.77. The molecule has 0 spiro atoms. The molecule has 1 saturated heterocycles. The first kappa shape index (κ1) is 14.0. The summed E-state index contributed by atoms with van der Waals surface area (Å²) in [6.07, 6.45) is -4.21. The number of benzene rings is 1. The van der Waals surface area contributed by atoms with E-state index in [1.165, 1.54) is 0 Å². The first-order chi connectivity index (χ1) is 8.69. The summed E-state index contributed by atoms with van der Waals surface area (Å²) in [7, 11) is -3.18. The van der Waals surface area contributed by atoms with Crippen LogP contribution in [0.3, 0.4) is 0 Å². The fourth-order valence-electron chi connectivity index (χ4n) is 2.06. The lowest BCUT2D eigenvalue weighted by Gasteiger charge is -2.09. The Morgan fingerprint density at radius 2 is 1.74 bits per heavy atom. The molecular weight excluding hydrogens is 281 g/mol. The van der Waals surface area contributed by atoms with Gasteiger partial charge in [0.05, 0.1) is 17.1 Å². The molecule has 0 bridgehead atoms. The maximum Gasteiger partial charge on any atom is 0.416 e. The molecule has 1 atom stereocenters. The molecule has 0 aliphatic carbocycles. The highest BCUT2D eigenvalue weighted by Gasteiger charge is 2.34. The van der Waals surface area contributed by atoms with Crippen LogP contribution in [0.4, 0.5) is 13.2 Å². The molecule has 1 fully saturated rings. The average Bonchev–Trinajstić information content (AvgIpc) is 2.68. The summed E-state index contributed by atoms with van der Waals surface area (Å²) < 4.78 is 59.6. The van der Waals surface area contributed by atoms with Crippen molar-refractivity contribution < 1.29 is 26.4 Å². The second kappa shape index (κ2) is 4.63. The standard InChI is InChI=1S/C12H11F3O3S/c13-12(14,15)10-3-1-8(2-4-10)11(16)9-5-6-19(17,18)7-9/h1-4,9H,5-7H2. The van der Waals surface area contributed by atoms with Gasteiger partial charge < -0.3 is 0 Å². The van der Waals surface area contributed by atoms with Crippen molar-refractivity contribution in [3.63, 3.8) is 0 Å². The molecule has 1 unspecified atom stereocenters. The van der Waals surface area contributed by atoms with Crippen molar-refractivity contribution in [3.05, 3.63) is 35.4 Å². The largest absolute Gasteiger partial charge is 0.416 e. The van der Waals surface area contributed by atoms with Crippen molar-refractivity contribution in [2.75, 3.05) is 11.5 Å². The predicted molar refractivity (Wildman–Crippen MR) is 62.5 cm³/mol. The van der Waals surface area contributed by atoms with E-state index in [0.717, 1.165) is 24.3 Å². The van der Waals surface area contributed by atoms with E-state index in [9.17, 15) is 26.4 Å². The third kappa shape index (κ3) is 3.15. The van der Waals surface area contributed by atoms with Gasteiger partial charge in [-0.25, -0.2) is 8.42 Å². The van der Waals surface area contributed by atoms with E-state index in [0.29, 0.717) is 0 Å². The summed E-state index contributed by atoms with van der Waals surface area (Å²) in [5.74, 6) is -1.30. The number of Topliss-reactive ketones (excluding diaryl/α,β-unsaturated/α-hetero) is 1. The van der Waals surface area contributed by atoms with Crippen LogP contribution in [0.25, 0.3) is 0 Å². The Kier molecular flexibility index (Phi) is 3.42. The minimum Gasteiger partial charge on any atom is -0.294 e. The van der Waals surface area contributed by atoms with Crippen molar-refractivity contribution in [2.24, 2.45) is 5.92 Å². The Hall–Kier alpha value is -1.37. The summed E-state index contributed by atoms with van der Waals surface area (Å²) in [5.41, 5.74) is -0.710. The normalized spacial score (nSPS) is 22.4. The summed E-state index contributed by atoms with van der Waals surface area (Å²) in [6, 6.07) is 3.85. The Morgan fingerprint density at radius 3 is 2.16 bits per heavy atom. The molecular formula is C12H11F3O3S. The molecule has 0 amide bonds. The van der Waals surface area contributed by atoms with Gasteiger partial charge in [-0.05, 0) is 18.6 Å². The highest BCUT2D eigenvalue weighted by molar-refractivity contribution is 7.91. The van der Waals surface area contributed by atoms with E-state index in [1.807, 2.05) is 0 Å². The summed E-state index contributed by atoms with van der Waals surface area (Å²) in [4.78, 5) is 12.0. The topological polar surface area (TPSA) is 51.2 Å². The quantitative estimate of drug-likeness (QED) is 0.786. The van der Waals surface area contributed by atoms with E-state index in [4.69, 9.17) is 0 Å². The van der Waals surface area contributed by atoms with Gasteiger partial charge in [-0.15, -0.1) is 0 Å². The fraction of sp³-hybridized carbons (Fsp3) is 0.417. The maximum absolute atomic E-state index is 12.4. The number of carbonyl (C=O) groups excluding carboxylic acids is 1. The Labute approximate surface area is 108 Å². The number of carbonyl (C=O) groups is 1. The molecule has 0 N–H and O–H groups in total. The minimum atomic E-state index is -4.45. The smallest absolute Gasteiger partial charge is 0.294 e. The van der Waals surface area contributed by atoms with Gasteiger partial charge in [0.1, 0.15) is 0 Å². The molecule has 7 heteroatoms. The van der Waals surface area contributed by atoms with Crippen molar-refractivity contribution in [1.82, 2.24) is 0 Å². The van der Waals surface area contributed by atoms with E-state index in [-0.39, 0.29) is 23.5 Å². The first-order valence-electron chi connectivity index (χ1n) is 5.61. The number of alkyl halides is 3. The third-order valence-corrected chi connectivity index (χ3v) is 4.87. The molecule has 0 aromatic heterocycles. The van der Waals surface area contributed by atoms with Crippen LogP contribution >= 0.6 is 0 Å². The molecule has 0 saturated carbocycles. The number of ketones is 1. The molecule has 0 radical (unpaired) electrons. The zero-order valence-corrected chi connectivity index (χ0v) is 10.6. The van der Waals surface area contributed by atoms with Gasteiger partial charge in [-0.3, -0.25) is 4.79 Å². The van der Waals surface area contributed by atoms with Gasteiger partial charge in [0.2, 0.25) is 0 Å². The van der Waals surface area contributed by atoms with E-state index in [2.05, 4.69) is 0 Å². The van der Waals surface area contributed by atoms with E-state index < -0.39 is 33.3 Å². The predicted octanol–water partition coefficient (Wildman–Crippen LogP) is 2.32. The lowest BCUT2D eigenvalue weighted by atomic mass is 9.96. The van der Waals surface area contributed by atoms with Crippen LogP contribution in [0.2, 0.25) is 0 Å². The zero-order chi connectivity index (χ0) is 14.3. The molecule has 104 valence electrons. The molecule has 1 heterocycles. The molecule has 1 aliphatic heterocycles. The number of hydrogen-bond acceptors (Lipinski definition) is 3. The molecule has 1 aromatic carbocycles. The number of sulfone groups is 1. The summed E-state index contributed by atoms with van der Waals surface area (Å²) in [6.45, 7) is 0. The van der Waals surface area contributed by atoms with Crippen molar-refractivity contribution >= 4 is 15.6 Å². The van der Waals surface area contributed by atoms with Crippen LogP contribution in [0.1, 0.15) is 22.3 Å².